The highest BCUT2D eigenvalue weighted by molar-refractivity contribution is 5.92. The Hall–Kier alpha value is -3.36. The van der Waals surface area contributed by atoms with Gasteiger partial charge >= 0.3 is 5.69 Å². The van der Waals surface area contributed by atoms with E-state index < -0.39 is 17.2 Å². The van der Waals surface area contributed by atoms with Crippen molar-refractivity contribution in [1.29, 1.82) is 0 Å². The van der Waals surface area contributed by atoms with Gasteiger partial charge in [0.25, 0.3) is 5.56 Å². The molecular weight excluding hydrogens is 314 g/mol. The molecule has 124 valence electrons. The zero-order chi connectivity index (χ0) is 17.4. The first-order valence-corrected chi connectivity index (χ1v) is 7.09. The van der Waals surface area contributed by atoms with E-state index in [0.717, 1.165) is 4.57 Å². The van der Waals surface area contributed by atoms with E-state index in [1.165, 1.54) is 35.6 Å². The number of fused-ring (bicyclic) bond motifs is 1. The number of para-hydroxylation sites is 2. The second-order valence-electron chi connectivity index (χ2n) is 5.32. The van der Waals surface area contributed by atoms with Crippen LogP contribution in [0.1, 0.15) is 0 Å². The summed E-state index contributed by atoms with van der Waals surface area (Å²) in [6.45, 7) is -0.182. The Morgan fingerprint density at radius 3 is 2.62 bits per heavy atom. The average molecular weight is 329 g/mol. The summed E-state index contributed by atoms with van der Waals surface area (Å²) < 4.78 is 3.57. The number of imidazole rings is 1. The van der Waals surface area contributed by atoms with Crippen LogP contribution in [0, 0.1) is 0 Å². The van der Waals surface area contributed by atoms with Crippen molar-refractivity contribution in [3.63, 3.8) is 0 Å². The molecule has 0 radical (unpaired) electrons. The number of aromatic hydroxyl groups is 1. The summed E-state index contributed by atoms with van der Waals surface area (Å²) in [5.41, 5.74) is -0.380. The van der Waals surface area contributed by atoms with Gasteiger partial charge in [-0.15, -0.1) is 0 Å². The molecule has 0 saturated carbocycles. The van der Waals surface area contributed by atoms with Crippen molar-refractivity contribution in [1.82, 2.24) is 18.7 Å². The van der Waals surface area contributed by atoms with Gasteiger partial charge in [0.15, 0.2) is 11.2 Å². The fraction of sp³-hybridized carbons (Fsp3) is 0.200. The minimum absolute atomic E-state index is 0.0559. The second kappa shape index (κ2) is 5.69. The van der Waals surface area contributed by atoms with Gasteiger partial charge in [-0.05, 0) is 12.1 Å². The average Bonchev–Trinajstić information content (AvgIpc) is 2.96. The van der Waals surface area contributed by atoms with Crippen LogP contribution in [-0.4, -0.2) is 29.7 Å². The van der Waals surface area contributed by atoms with Crippen LogP contribution in [0.2, 0.25) is 0 Å². The van der Waals surface area contributed by atoms with Crippen LogP contribution in [0.3, 0.4) is 0 Å². The summed E-state index contributed by atoms with van der Waals surface area (Å²) in [5, 5.41) is 12.2. The van der Waals surface area contributed by atoms with Gasteiger partial charge in [0.1, 0.15) is 12.3 Å². The lowest BCUT2D eigenvalue weighted by Crippen LogP contribution is -2.37. The van der Waals surface area contributed by atoms with Crippen molar-refractivity contribution < 1.29 is 9.90 Å². The Morgan fingerprint density at radius 1 is 1.21 bits per heavy atom. The highest BCUT2D eigenvalue weighted by atomic mass is 16.3. The van der Waals surface area contributed by atoms with Crippen LogP contribution in [0.4, 0.5) is 5.69 Å². The number of benzene rings is 1. The Labute approximate surface area is 135 Å². The third-order valence-electron chi connectivity index (χ3n) is 3.71. The van der Waals surface area contributed by atoms with Crippen molar-refractivity contribution >= 4 is 22.8 Å². The fourth-order valence-electron chi connectivity index (χ4n) is 2.44. The zero-order valence-corrected chi connectivity index (χ0v) is 13.1. The van der Waals surface area contributed by atoms with Crippen molar-refractivity contribution in [3.8, 4) is 5.75 Å². The van der Waals surface area contributed by atoms with E-state index in [4.69, 9.17) is 0 Å². The standard InChI is InChI=1S/C15H15N5O4/c1-18-13-12(14(23)19(2)15(18)24)20(8-16-13)7-11(22)17-9-5-3-4-6-10(9)21/h3-6,8,21H,7H2,1-2H3,(H,17,22). The summed E-state index contributed by atoms with van der Waals surface area (Å²) in [4.78, 5) is 40.4. The number of anilines is 1. The summed E-state index contributed by atoms with van der Waals surface area (Å²) in [5.74, 6) is -0.494. The lowest BCUT2D eigenvalue weighted by atomic mass is 10.3. The molecule has 3 aromatic rings. The van der Waals surface area contributed by atoms with Crippen molar-refractivity contribution in [2.75, 3.05) is 5.32 Å². The summed E-state index contributed by atoms with van der Waals surface area (Å²) in [7, 11) is 2.87. The predicted molar refractivity (Wildman–Crippen MR) is 87.0 cm³/mol. The molecule has 2 N–H and O–H groups in total. The number of hydrogen-bond donors (Lipinski definition) is 2. The zero-order valence-electron chi connectivity index (χ0n) is 13.1. The van der Waals surface area contributed by atoms with Crippen molar-refractivity contribution in [3.05, 3.63) is 51.4 Å². The molecule has 24 heavy (non-hydrogen) atoms. The van der Waals surface area contributed by atoms with E-state index in [0.29, 0.717) is 0 Å². The number of rotatable bonds is 3. The highest BCUT2D eigenvalue weighted by Gasteiger charge is 2.16. The SMILES string of the molecule is Cn1c(=O)c2c(ncn2CC(=O)Nc2ccccc2O)n(C)c1=O. The van der Waals surface area contributed by atoms with Gasteiger partial charge < -0.3 is 15.0 Å². The first-order chi connectivity index (χ1) is 11.4. The summed E-state index contributed by atoms with van der Waals surface area (Å²) >= 11 is 0. The maximum absolute atomic E-state index is 12.3. The van der Waals surface area contributed by atoms with E-state index in [2.05, 4.69) is 10.3 Å². The number of hydrogen-bond acceptors (Lipinski definition) is 5. The Balaban J connectivity index is 1.97. The molecule has 9 heteroatoms. The fourth-order valence-corrected chi connectivity index (χ4v) is 2.44. The monoisotopic (exact) mass is 329 g/mol. The molecule has 0 atom stereocenters. The van der Waals surface area contributed by atoms with E-state index in [1.54, 1.807) is 18.2 Å². The van der Waals surface area contributed by atoms with Gasteiger partial charge in [0.05, 0.1) is 12.0 Å². The molecule has 0 fully saturated rings. The Morgan fingerprint density at radius 2 is 1.92 bits per heavy atom. The van der Waals surface area contributed by atoms with Gasteiger partial charge in [-0.3, -0.25) is 18.7 Å². The van der Waals surface area contributed by atoms with E-state index >= 15 is 0 Å². The lowest BCUT2D eigenvalue weighted by molar-refractivity contribution is -0.116. The number of carbonyl (C=O) groups is 1. The van der Waals surface area contributed by atoms with Crippen LogP contribution in [0.15, 0.2) is 40.2 Å². The number of aromatic nitrogens is 4. The number of amides is 1. The van der Waals surface area contributed by atoms with E-state index in [1.807, 2.05) is 0 Å². The number of carbonyl (C=O) groups excluding carboxylic acids is 1. The van der Waals surface area contributed by atoms with Gasteiger partial charge in [0, 0.05) is 14.1 Å². The van der Waals surface area contributed by atoms with Crippen molar-refractivity contribution in [2.24, 2.45) is 14.1 Å². The molecule has 0 aliphatic rings. The smallest absolute Gasteiger partial charge is 0.332 e. The topological polar surface area (TPSA) is 111 Å². The molecule has 0 unspecified atom stereocenters. The maximum Gasteiger partial charge on any atom is 0.332 e. The van der Waals surface area contributed by atoms with Crippen LogP contribution in [-0.2, 0) is 25.4 Å². The number of nitrogens with zero attached hydrogens (tertiary/aromatic N) is 4. The molecule has 2 heterocycles. The van der Waals surface area contributed by atoms with Gasteiger partial charge in [-0.1, -0.05) is 12.1 Å². The minimum atomic E-state index is -0.527. The molecule has 0 aliphatic heterocycles. The Bertz CT molecular complexity index is 1060. The highest BCUT2D eigenvalue weighted by Crippen LogP contribution is 2.21. The predicted octanol–water partition coefficient (Wildman–Crippen LogP) is -0.222. The molecule has 0 saturated heterocycles. The maximum atomic E-state index is 12.3. The summed E-state index contributed by atoms with van der Waals surface area (Å²) in [6.07, 6.45) is 1.33. The number of aryl methyl sites for hydroxylation is 1. The van der Waals surface area contributed by atoms with Gasteiger partial charge in [-0.2, -0.15) is 0 Å². The van der Waals surface area contributed by atoms with Crippen LogP contribution < -0.4 is 16.6 Å². The quantitative estimate of drug-likeness (QED) is 0.645. The molecule has 0 bridgehead atoms. The van der Waals surface area contributed by atoms with Gasteiger partial charge in [0.2, 0.25) is 5.91 Å². The van der Waals surface area contributed by atoms with Crippen molar-refractivity contribution in [2.45, 2.75) is 6.54 Å². The van der Waals surface area contributed by atoms with Crippen LogP contribution in [0.25, 0.3) is 11.2 Å². The third-order valence-corrected chi connectivity index (χ3v) is 3.71. The molecule has 0 spiro atoms. The van der Waals surface area contributed by atoms with Crippen LogP contribution >= 0.6 is 0 Å². The molecule has 3 rings (SSSR count). The van der Waals surface area contributed by atoms with E-state index in [9.17, 15) is 19.5 Å². The molecule has 0 aliphatic carbocycles. The molecule has 9 nitrogen and oxygen atoms in total. The molecular formula is C15H15N5O4. The third kappa shape index (κ3) is 2.45. The molecule has 1 amide bonds. The van der Waals surface area contributed by atoms with Gasteiger partial charge in [-0.25, -0.2) is 9.78 Å². The summed E-state index contributed by atoms with van der Waals surface area (Å²) in [6, 6.07) is 6.32. The lowest BCUT2D eigenvalue weighted by Gasteiger charge is -2.08. The van der Waals surface area contributed by atoms with Crippen LogP contribution in [0.5, 0.6) is 5.75 Å². The first-order valence-electron chi connectivity index (χ1n) is 7.09. The number of phenolic OH excluding ortho intramolecular Hbond substituents is 1. The second-order valence-corrected chi connectivity index (χ2v) is 5.32. The normalized spacial score (nSPS) is 10.9. The molecule has 1 aromatic carbocycles. The number of phenols is 1. The molecule has 2 aromatic heterocycles. The Kier molecular flexibility index (Phi) is 3.68. The first kappa shape index (κ1) is 15.5. The number of nitrogens with one attached hydrogen (secondary N) is 1. The van der Waals surface area contributed by atoms with E-state index in [-0.39, 0.29) is 29.1 Å². The minimum Gasteiger partial charge on any atom is -0.506 e. The largest absolute Gasteiger partial charge is 0.506 e.